The summed E-state index contributed by atoms with van der Waals surface area (Å²) in [4.78, 5) is 2.47. The quantitative estimate of drug-likeness (QED) is 0.902. The van der Waals surface area contributed by atoms with Gasteiger partial charge in [-0.1, -0.05) is 18.2 Å². The normalized spacial score (nSPS) is 25.0. The third kappa shape index (κ3) is 2.16. The Hall–Kier alpha value is -1.32. The van der Waals surface area contributed by atoms with Crippen LogP contribution in [-0.4, -0.2) is 24.0 Å². The minimum atomic E-state index is 0.603. The van der Waals surface area contributed by atoms with Crippen LogP contribution in [0.15, 0.2) is 34.7 Å². The Bertz CT molecular complexity index is 501. The average Bonchev–Trinajstić information content (AvgIpc) is 2.93. The molecule has 1 saturated heterocycles. The maximum atomic E-state index is 5.87. The molecule has 0 amide bonds. The monoisotopic (exact) mass is 244 g/mol. The van der Waals surface area contributed by atoms with Crippen molar-refractivity contribution in [2.45, 2.75) is 25.9 Å². The molecule has 2 aromatic rings. The molecule has 18 heavy (non-hydrogen) atoms. The Labute approximate surface area is 108 Å². The highest BCUT2D eigenvalue weighted by atomic mass is 16.3. The van der Waals surface area contributed by atoms with E-state index in [-0.39, 0.29) is 0 Å². The molecule has 0 aliphatic carbocycles. The molecular weight excluding hydrogens is 224 g/mol. The summed E-state index contributed by atoms with van der Waals surface area (Å²) in [5.74, 6) is 1.70. The molecule has 0 radical (unpaired) electrons. The van der Waals surface area contributed by atoms with Gasteiger partial charge in [-0.05, 0) is 37.9 Å². The molecule has 0 bridgehead atoms. The molecule has 96 valence electrons. The Kier molecular flexibility index (Phi) is 3.10. The van der Waals surface area contributed by atoms with Gasteiger partial charge in [-0.25, -0.2) is 0 Å². The van der Waals surface area contributed by atoms with E-state index in [9.17, 15) is 0 Å². The van der Waals surface area contributed by atoms with Crippen LogP contribution < -0.4 is 5.73 Å². The molecule has 1 aliphatic heterocycles. The zero-order chi connectivity index (χ0) is 12.5. The highest BCUT2D eigenvalue weighted by Gasteiger charge is 2.28. The Balaban J connectivity index is 1.76. The molecule has 2 heterocycles. The molecule has 1 fully saturated rings. The first-order valence-corrected chi connectivity index (χ1v) is 6.68. The maximum absolute atomic E-state index is 5.87. The molecule has 2 atom stereocenters. The van der Waals surface area contributed by atoms with Crippen molar-refractivity contribution in [3.8, 4) is 0 Å². The molecule has 1 aromatic heterocycles. The molecule has 3 rings (SSSR count). The van der Waals surface area contributed by atoms with Crippen molar-refractivity contribution in [2.24, 2.45) is 11.7 Å². The van der Waals surface area contributed by atoms with Gasteiger partial charge >= 0.3 is 0 Å². The van der Waals surface area contributed by atoms with Crippen LogP contribution in [0.5, 0.6) is 0 Å². The summed E-state index contributed by atoms with van der Waals surface area (Å²) < 4.78 is 5.87. The van der Waals surface area contributed by atoms with Crippen LogP contribution in [0.3, 0.4) is 0 Å². The fourth-order valence-corrected chi connectivity index (χ4v) is 2.92. The number of hydrogen-bond donors (Lipinski definition) is 1. The third-order valence-corrected chi connectivity index (χ3v) is 3.96. The molecule has 2 unspecified atom stereocenters. The van der Waals surface area contributed by atoms with Gasteiger partial charge in [0.15, 0.2) is 0 Å². The van der Waals surface area contributed by atoms with Crippen molar-refractivity contribution in [3.05, 3.63) is 36.1 Å². The second kappa shape index (κ2) is 4.75. The summed E-state index contributed by atoms with van der Waals surface area (Å²) in [5, 5.41) is 1.19. The molecule has 3 nitrogen and oxygen atoms in total. The van der Waals surface area contributed by atoms with Crippen molar-refractivity contribution in [1.82, 2.24) is 4.90 Å². The van der Waals surface area contributed by atoms with Gasteiger partial charge < -0.3 is 10.2 Å². The highest BCUT2D eigenvalue weighted by Crippen LogP contribution is 2.26. The Morgan fingerprint density at radius 3 is 2.94 bits per heavy atom. The number of benzene rings is 1. The number of para-hydroxylation sites is 1. The van der Waals surface area contributed by atoms with E-state index in [1.807, 2.05) is 18.2 Å². The lowest BCUT2D eigenvalue weighted by Gasteiger charge is -2.19. The zero-order valence-electron chi connectivity index (χ0n) is 10.8. The summed E-state index contributed by atoms with van der Waals surface area (Å²) in [7, 11) is 0. The van der Waals surface area contributed by atoms with Gasteiger partial charge in [0.05, 0.1) is 6.54 Å². The van der Waals surface area contributed by atoms with Gasteiger partial charge in [0.1, 0.15) is 11.3 Å². The van der Waals surface area contributed by atoms with Crippen LogP contribution in [0.25, 0.3) is 11.0 Å². The first-order chi connectivity index (χ1) is 8.76. The zero-order valence-corrected chi connectivity index (χ0v) is 10.8. The largest absolute Gasteiger partial charge is 0.460 e. The van der Waals surface area contributed by atoms with Gasteiger partial charge in [0, 0.05) is 18.0 Å². The Morgan fingerprint density at radius 1 is 1.39 bits per heavy atom. The van der Waals surface area contributed by atoms with Crippen molar-refractivity contribution in [3.63, 3.8) is 0 Å². The number of nitrogens with two attached hydrogens (primary N) is 1. The van der Waals surface area contributed by atoms with E-state index in [4.69, 9.17) is 10.2 Å². The summed E-state index contributed by atoms with van der Waals surface area (Å²) in [6, 6.07) is 10.9. The lowest BCUT2D eigenvalue weighted by atomic mass is 10.1. The Morgan fingerprint density at radius 2 is 2.22 bits per heavy atom. The number of furan rings is 1. The average molecular weight is 244 g/mol. The predicted octanol–water partition coefficient (Wildman–Crippen LogP) is 2.60. The number of hydrogen-bond acceptors (Lipinski definition) is 3. The maximum Gasteiger partial charge on any atom is 0.134 e. The van der Waals surface area contributed by atoms with Crippen molar-refractivity contribution in [1.29, 1.82) is 0 Å². The fourth-order valence-electron chi connectivity index (χ4n) is 2.92. The standard InChI is InChI=1S/C15H20N2O/c1-11-6-12(8-16)9-17(11)10-14-7-13-4-2-3-5-15(13)18-14/h2-5,7,11-12H,6,8-10,16H2,1H3. The SMILES string of the molecule is CC1CC(CN)CN1Cc1cc2ccccc2o1. The van der Waals surface area contributed by atoms with E-state index in [0.29, 0.717) is 12.0 Å². The third-order valence-electron chi connectivity index (χ3n) is 3.96. The number of fused-ring (bicyclic) bond motifs is 1. The molecule has 2 N–H and O–H groups in total. The minimum absolute atomic E-state index is 0.603. The predicted molar refractivity (Wildman–Crippen MR) is 73.2 cm³/mol. The van der Waals surface area contributed by atoms with Gasteiger partial charge in [-0.2, -0.15) is 0 Å². The van der Waals surface area contributed by atoms with Crippen molar-refractivity contribution in [2.75, 3.05) is 13.1 Å². The van der Waals surface area contributed by atoms with E-state index in [1.54, 1.807) is 0 Å². The van der Waals surface area contributed by atoms with Crippen LogP contribution in [0.2, 0.25) is 0 Å². The first kappa shape index (κ1) is 11.8. The summed E-state index contributed by atoms with van der Waals surface area (Å²) >= 11 is 0. The van der Waals surface area contributed by atoms with E-state index >= 15 is 0 Å². The topological polar surface area (TPSA) is 42.4 Å². The minimum Gasteiger partial charge on any atom is -0.460 e. The van der Waals surface area contributed by atoms with E-state index in [0.717, 1.165) is 31.0 Å². The molecule has 1 aliphatic rings. The van der Waals surface area contributed by atoms with Crippen LogP contribution in [0, 0.1) is 5.92 Å². The molecule has 0 spiro atoms. The summed E-state index contributed by atoms with van der Waals surface area (Å²) in [6.45, 7) is 5.06. The van der Waals surface area contributed by atoms with Gasteiger partial charge in [0.25, 0.3) is 0 Å². The van der Waals surface area contributed by atoms with Crippen LogP contribution in [0.1, 0.15) is 19.1 Å². The summed E-state index contributed by atoms with van der Waals surface area (Å²) in [6.07, 6.45) is 1.21. The van der Waals surface area contributed by atoms with Crippen molar-refractivity contribution < 1.29 is 4.42 Å². The second-order valence-corrected chi connectivity index (χ2v) is 5.37. The lowest BCUT2D eigenvalue weighted by molar-refractivity contribution is 0.237. The molecule has 3 heteroatoms. The molecule has 1 aromatic carbocycles. The highest BCUT2D eigenvalue weighted by molar-refractivity contribution is 5.77. The number of nitrogens with zero attached hydrogens (tertiary/aromatic N) is 1. The van der Waals surface area contributed by atoms with Crippen LogP contribution in [-0.2, 0) is 6.54 Å². The van der Waals surface area contributed by atoms with Crippen LogP contribution >= 0.6 is 0 Å². The van der Waals surface area contributed by atoms with E-state index < -0.39 is 0 Å². The number of rotatable bonds is 3. The molecule has 0 saturated carbocycles. The van der Waals surface area contributed by atoms with Gasteiger partial charge in [-0.15, -0.1) is 0 Å². The fraction of sp³-hybridized carbons (Fsp3) is 0.467. The molecular formula is C15H20N2O. The summed E-state index contributed by atoms with van der Waals surface area (Å²) in [5.41, 5.74) is 6.74. The van der Waals surface area contributed by atoms with E-state index in [2.05, 4.69) is 24.0 Å². The number of likely N-dealkylation sites (tertiary alicyclic amines) is 1. The van der Waals surface area contributed by atoms with Crippen molar-refractivity contribution >= 4 is 11.0 Å². The van der Waals surface area contributed by atoms with Gasteiger partial charge in [0.2, 0.25) is 0 Å². The van der Waals surface area contributed by atoms with Gasteiger partial charge in [-0.3, -0.25) is 4.90 Å². The second-order valence-electron chi connectivity index (χ2n) is 5.37. The smallest absolute Gasteiger partial charge is 0.134 e. The van der Waals surface area contributed by atoms with Crippen LogP contribution in [0.4, 0.5) is 0 Å². The van der Waals surface area contributed by atoms with E-state index in [1.165, 1.54) is 11.8 Å². The lowest BCUT2D eigenvalue weighted by Crippen LogP contribution is -2.27. The first-order valence-electron chi connectivity index (χ1n) is 6.68.